The van der Waals surface area contributed by atoms with E-state index in [9.17, 15) is 14.0 Å². The number of hydrogen-bond acceptors (Lipinski definition) is 3. The zero-order chi connectivity index (χ0) is 22.3. The molecule has 1 N–H and O–H groups in total. The van der Waals surface area contributed by atoms with Crippen molar-refractivity contribution in [3.05, 3.63) is 65.5 Å². The maximum atomic E-state index is 14.1. The van der Waals surface area contributed by atoms with E-state index in [0.29, 0.717) is 17.9 Å². The third-order valence-electron chi connectivity index (χ3n) is 4.90. The van der Waals surface area contributed by atoms with Crippen LogP contribution in [0.15, 0.2) is 48.5 Å². The van der Waals surface area contributed by atoms with Gasteiger partial charge in [-0.15, -0.1) is 0 Å². The van der Waals surface area contributed by atoms with Crippen molar-refractivity contribution < 1.29 is 18.7 Å². The van der Waals surface area contributed by atoms with Crippen molar-refractivity contribution in [1.29, 1.82) is 0 Å². The molecule has 0 aromatic heterocycles. The number of amides is 2. The molecular formula is C24H31FN2O3. The van der Waals surface area contributed by atoms with Crippen LogP contribution in [0.1, 0.15) is 45.7 Å². The number of halogens is 1. The summed E-state index contributed by atoms with van der Waals surface area (Å²) < 4.78 is 19.8. The fraction of sp³-hybridized carbons (Fsp3) is 0.417. The lowest BCUT2D eigenvalue weighted by molar-refractivity contribution is -0.142. The number of carbonyl (C=O) groups is 2. The van der Waals surface area contributed by atoms with Crippen molar-refractivity contribution in [3.8, 4) is 5.75 Å². The Kier molecular flexibility index (Phi) is 7.98. The van der Waals surface area contributed by atoms with Gasteiger partial charge in [-0.3, -0.25) is 9.59 Å². The maximum Gasteiger partial charge on any atom is 0.261 e. The number of nitrogens with one attached hydrogen (secondary N) is 1. The highest BCUT2D eigenvalue weighted by atomic mass is 19.1. The van der Waals surface area contributed by atoms with Crippen molar-refractivity contribution in [2.75, 3.05) is 13.2 Å². The topological polar surface area (TPSA) is 58.6 Å². The third-order valence-corrected chi connectivity index (χ3v) is 4.90. The molecule has 0 unspecified atom stereocenters. The average Bonchev–Trinajstić information content (AvgIpc) is 2.70. The second-order valence-electron chi connectivity index (χ2n) is 8.25. The van der Waals surface area contributed by atoms with Crippen LogP contribution in [-0.4, -0.2) is 35.9 Å². The number of hydrogen-bond donors (Lipinski definition) is 1. The molecule has 2 aromatic carbocycles. The minimum absolute atomic E-state index is 0.0177. The smallest absolute Gasteiger partial charge is 0.261 e. The van der Waals surface area contributed by atoms with Crippen LogP contribution in [0.25, 0.3) is 0 Å². The molecule has 162 valence electrons. The van der Waals surface area contributed by atoms with Gasteiger partial charge < -0.3 is 15.0 Å². The summed E-state index contributed by atoms with van der Waals surface area (Å²) in [6.07, 6.45) is 0. The minimum atomic E-state index is -0.760. The quantitative estimate of drug-likeness (QED) is 0.709. The van der Waals surface area contributed by atoms with Crippen molar-refractivity contribution >= 4 is 11.8 Å². The van der Waals surface area contributed by atoms with Crippen LogP contribution < -0.4 is 10.1 Å². The Morgan fingerprint density at radius 2 is 1.73 bits per heavy atom. The first-order chi connectivity index (χ1) is 14.1. The van der Waals surface area contributed by atoms with Gasteiger partial charge in [-0.05, 0) is 43.0 Å². The lowest BCUT2D eigenvalue weighted by atomic mass is 9.87. The average molecular weight is 415 g/mol. The fourth-order valence-corrected chi connectivity index (χ4v) is 2.99. The van der Waals surface area contributed by atoms with Gasteiger partial charge in [0.05, 0.1) is 0 Å². The predicted octanol–water partition coefficient (Wildman–Crippen LogP) is 4.06. The van der Waals surface area contributed by atoms with E-state index in [1.807, 2.05) is 24.3 Å². The van der Waals surface area contributed by atoms with Gasteiger partial charge in [0.1, 0.15) is 17.6 Å². The molecule has 0 saturated carbocycles. The maximum absolute atomic E-state index is 14.1. The van der Waals surface area contributed by atoms with Gasteiger partial charge in [0.2, 0.25) is 5.91 Å². The molecule has 0 bridgehead atoms. The summed E-state index contributed by atoms with van der Waals surface area (Å²) in [5.74, 6) is -0.543. The van der Waals surface area contributed by atoms with E-state index in [4.69, 9.17) is 4.74 Å². The second kappa shape index (κ2) is 10.2. The molecule has 2 rings (SSSR count). The largest absolute Gasteiger partial charge is 0.484 e. The van der Waals surface area contributed by atoms with Crippen LogP contribution in [0.5, 0.6) is 5.75 Å². The molecule has 1 atom stereocenters. The Bertz CT molecular complexity index is 859. The number of carbonyl (C=O) groups excluding carboxylic acids is 2. The number of nitrogens with zero attached hydrogens (tertiary/aromatic N) is 1. The molecule has 2 amide bonds. The summed E-state index contributed by atoms with van der Waals surface area (Å²) in [7, 11) is 0. The summed E-state index contributed by atoms with van der Waals surface area (Å²) in [6, 6.07) is 13.0. The normalized spacial score (nSPS) is 12.2. The van der Waals surface area contributed by atoms with E-state index in [1.54, 1.807) is 32.0 Å². The van der Waals surface area contributed by atoms with Crippen LogP contribution in [0.4, 0.5) is 4.39 Å². The van der Waals surface area contributed by atoms with Crippen molar-refractivity contribution in [2.24, 2.45) is 0 Å². The van der Waals surface area contributed by atoms with Gasteiger partial charge in [0.25, 0.3) is 5.91 Å². The van der Waals surface area contributed by atoms with Gasteiger partial charge in [0, 0.05) is 18.7 Å². The zero-order valence-corrected chi connectivity index (χ0v) is 18.4. The highest BCUT2D eigenvalue weighted by Crippen LogP contribution is 2.24. The summed E-state index contributed by atoms with van der Waals surface area (Å²) in [4.78, 5) is 26.6. The molecule has 0 aliphatic rings. The number of ether oxygens (including phenoxy) is 1. The van der Waals surface area contributed by atoms with Crippen LogP contribution in [-0.2, 0) is 21.5 Å². The van der Waals surface area contributed by atoms with Gasteiger partial charge in [-0.25, -0.2) is 4.39 Å². The SMILES string of the molecule is CCNC(=O)[C@H](C)N(Cc1ccccc1F)C(=O)COc1ccc(C(C)(C)C)cc1. The Labute approximate surface area is 178 Å². The van der Waals surface area contributed by atoms with E-state index in [1.165, 1.54) is 11.0 Å². The van der Waals surface area contributed by atoms with Gasteiger partial charge in [0.15, 0.2) is 6.61 Å². The summed E-state index contributed by atoms with van der Waals surface area (Å²) in [6.45, 7) is 9.98. The number of benzene rings is 2. The summed E-state index contributed by atoms with van der Waals surface area (Å²) >= 11 is 0. The van der Waals surface area contributed by atoms with Crippen molar-refractivity contribution in [3.63, 3.8) is 0 Å². The van der Waals surface area contributed by atoms with E-state index in [0.717, 1.165) is 5.56 Å². The van der Waals surface area contributed by atoms with E-state index < -0.39 is 17.8 Å². The van der Waals surface area contributed by atoms with Crippen molar-refractivity contribution in [2.45, 2.75) is 52.6 Å². The van der Waals surface area contributed by atoms with Crippen LogP contribution >= 0.6 is 0 Å². The van der Waals surface area contributed by atoms with Crippen LogP contribution in [0, 0.1) is 5.82 Å². The number of rotatable bonds is 8. The molecule has 0 radical (unpaired) electrons. The highest BCUT2D eigenvalue weighted by molar-refractivity contribution is 5.87. The Balaban J connectivity index is 2.13. The highest BCUT2D eigenvalue weighted by Gasteiger charge is 2.27. The van der Waals surface area contributed by atoms with E-state index in [-0.39, 0.29) is 24.5 Å². The Morgan fingerprint density at radius 3 is 2.30 bits per heavy atom. The first-order valence-electron chi connectivity index (χ1n) is 10.2. The molecule has 0 heterocycles. The number of likely N-dealkylation sites (N-methyl/N-ethyl adjacent to an activating group) is 1. The van der Waals surface area contributed by atoms with Crippen molar-refractivity contribution in [1.82, 2.24) is 10.2 Å². The zero-order valence-electron chi connectivity index (χ0n) is 18.4. The van der Waals surface area contributed by atoms with E-state index in [2.05, 4.69) is 26.1 Å². The molecule has 6 heteroatoms. The molecule has 0 fully saturated rings. The lowest BCUT2D eigenvalue weighted by Gasteiger charge is -2.28. The first kappa shape index (κ1) is 23.4. The molecule has 5 nitrogen and oxygen atoms in total. The van der Waals surface area contributed by atoms with Crippen LogP contribution in [0.2, 0.25) is 0 Å². The monoisotopic (exact) mass is 414 g/mol. The lowest BCUT2D eigenvalue weighted by Crippen LogP contribution is -2.49. The van der Waals surface area contributed by atoms with Gasteiger partial charge in [-0.1, -0.05) is 51.1 Å². The molecule has 0 aliphatic heterocycles. The molecule has 0 saturated heterocycles. The van der Waals surface area contributed by atoms with E-state index >= 15 is 0 Å². The first-order valence-corrected chi connectivity index (χ1v) is 10.2. The Morgan fingerprint density at radius 1 is 1.10 bits per heavy atom. The Hall–Kier alpha value is -2.89. The molecule has 0 aliphatic carbocycles. The second-order valence-corrected chi connectivity index (χ2v) is 8.25. The molecule has 0 spiro atoms. The van der Waals surface area contributed by atoms with Gasteiger partial charge >= 0.3 is 0 Å². The summed E-state index contributed by atoms with van der Waals surface area (Å²) in [5, 5.41) is 2.71. The summed E-state index contributed by atoms with van der Waals surface area (Å²) in [5.41, 5.74) is 1.52. The predicted molar refractivity (Wildman–Crippen MR) is 116 cm³/mol. The third kappa shape index (κ3) is 6.31. The molecular weight excluding hydrogens is 383 g/mol. The molecule has 30 heavy (non-hydrogen) atoms. The standard InChI is InChI=1S/C24H31FN2O3/c1-6-26-23(29)17(2)27(15-18-9-7-8-10-21(18)25)22(28)16-30-20-13-11-19(12-14-20)24(3,4)5/h7-14,17H,6,15-16H2,1-5H3,(H,26,29)/t17-/m0/s1. The van der Waals surface area contributed by atoms with Gasteiger partial charge in [-0.2, -0.15) is 0 Å². The fourth-order valence-electron chi connectivity index (χ4n) is 2.99. The van der Waals surface area contributed by atoms with Crippen LogP contribution in [0.3, 0.4) is 0 Å². The molecule has 2 aromatic rings. The minimum Gasteiger partial charge on any atom is -0.484 e.